The monoisotopic (exact) mass is 311 g/mol. The maximum absolute atomic E-state index is 11.0. The molecule has 0 bridgehead atoms. The minimum absolute atomic E-state index is 0.350. The minimum atomic E-state index is -0.978. The van der Waals surface area contributed by atoms with Crippen LogP contribution in [0.4, 0.5) is 0 Å². The van der Waals surface area contributed by atoms with Gasteiger partial charge in [-0.15, -0.1) is 15.0 Å². The maximum atomic E-state index is 11.0. The lowest BCUT2D eigenvalue weighted by atomic mass is 10.2. The summed E-state index contributed by atoms with van der Waals surface area (Å²) in [6.45, 7) is 1.75. The highest BCUT2D eigenvalue weighted by molar-refractivity contribution is 9.10. The van der Waals surface area contributed by atoms with Gasteiger partial charge in [-0.2, -0.15) is 0 Å². The Balaban J connectivity index is 2.33. The average Bonchev–Trinajstić information content (AvgIpc) is 2.79. The zero-order valence-corrected chi connectivity index (χ0v) is 11.1. The van der Waals surface area contributed by atoms with Crippen LogP contribution in [0.3, 0.4) is 0 Å². The Labute approximate surface area is 111 Å². The number of carbonyl (C=O) groups is 1. The van der Waals surface area contributed by atoms with Crippen molar-refractivity contribution in [3.8, 4) is 11.4 Å². The molecule has 0 amide bonds. The van der Waals surface area contributed by atoms with Gasteiger partial charge in [0.05, 0.1) is 0 Å². The summed E-state index contributed by atoms with van der Waals surface area (Å²) in [5, 5.41) is 20.7. The zero-order valence-electron chi connectivity index (χ0n) is 9.49. The van der Waals surface area contributed by atoms with E-state index >= 15 is 0 Å². The van der Waals surface area contributed by atoms with Gasteiger partial charge in [-0.05, 0) is 33.6 Å². The smallest absolute Gasteiger partial charge is 0.330 e. The molecule has 2 aromatic heterocycles. The second kappa shape index (κ2) is 5.21. The third kappa shape index (κ3) is 2.53. The van der Waals surface area contributed by atoms with Gasteiger partial charge in [0.25, 0.3) is 0 Å². The van der Waals surface area contributed by atoms with Crippen LogP contribution < -0.4 is 0 Å². The van der Waals surface area contributed by atoms with Gasteiger partial charge in [-0.3, -0.25) is 4.98 Å². The first-order valence-corrected chi connectivity index (χ1v) is 6.04. The summed E-state index contributed by atoms with van der Waals surface area (Å²) < 4.78 is 0.793. The average molecular weight is 312 g/mol. The van der Waals surface area contributed by atoms with Crippen molar-refractivity contribution in [1.82, 2.24) is 25.2 Å². The van der Waals surface area contributed by atoms with E-state index in [1.165, 1.54) is 0 Å². The van der Waals surface area contributed by atoms with Gasteiger partial charge in [0, 0.05) is 22.4 Å². The third-order valence-electron chi connectivity index (χ3n) is 2.34. The van der Waals surface area contributed by atoms with Crippen molar-refractivity contribution in [1.29, 1.82) is 0 Å². The number of tetrazole rings is 1. The molecule has 7 nitrogen and oxygen atoms in total. The molecule has 0 aliphatic heterocycles. The molecule has 2 aromatic rings. The predicted molar refractivity (Wildman–Crippen MR) is 65.7 cm³/mol. The van der Waals surface area contributed by atoms with Gasteiger partial charge in [-0.1, -0.05) is 6.92 Å². The van der Waals surface area contributed by atoms with E-state index in [0.717, 1.165) is 9.27 Å². The van der Waals surface area contributed by atoms with E-state index in [1.807, 2.05) is 0 Å². The Morgan fingerprint density at radius 2 is 2.33 bits per heavy atom. The van der Waals surface area contributed by atoms with E-state index in [1.54, 1.807) is 25.4 Å². The number of aliphatic carboxylic acids is 1. The predicted octanol–water partition coefficient (Wildman–Crippen LogP) is 1.53. The molecule has 0 saturated heterocycles. The topological polar surface area (TPSA) is 93.8 Å². The van der Waals surface area contributed by atoms with Crippen LogP contribution in [0.15, 0.2) is 22.9 Å². The quantitative estimate of drug-likeness (QED) is 0.920. The summed E-state index contributed by atoms with van der Waals surface area (Å²) in [6.07, 6.45) is 3.62. The molecule has 2 heterocycles. The largest absolute Gasteiger partial charge is 0.480 e. The normalized spacial score (nSPS) is 12.3. The summed E-state index contributed by atoms with van der Waals surface area (Å²) in [6, 6.07) is 0.988. The second-order valence-electron chi connectivity index (χ2n) is 3.59. The van der Waals surface area contributed by atoms with E-state index in [0.29, 0.717) is 17.8 Å². The van der Waals surface area contributed by atoms with Crippen LogP contribution in [-0.4, -0.2) is 36.3 Å². The first-order valence-electron chi connectivity index (χ1n) is 5.25. The van der Waals surface area contributed by atoms with Gasteiger partial charge in [0.2, 0.25) is 5.82 Å². The number of hydrogen-bond donors (Lipinski definition) is 1. The molecule has 0 saturated carbocycles. The van der Waals surface area contributed by atoms with Gasteiger partial charge in [0.15, 0.2) is 6.04 Å². The Morgan fingerprint density at radius 1 is 1.56 bits per heavy atom. The van der Waals surface area contributed by atoms with Crippen LogP contribution in [0, 0.1) is 0 Å². The Hall–Kier alpha value is -1.83. The molecular weight excluding hydrogens is 302 g/mol. The van der Waals surface area contributed by atoms with Gasteiger partial charge >= 0.3 is 5.97 Å². The summed E-state index contributed by atoms with van der Waals surface area (Å²) >= 11 is 3.29. The van der Waals surface area contributed by atoms with Crippen molar-refractivity contribution in [3.05, 3.63) is 22.9 Å². The number of halogens is 1. The number of pyridine rings is 1. The number of carboxylic acid groups (broad SMARTS) is 1. The molecule has 18 heavy (non-hydrogen) atoms. The fourth-order valence-electron chi connectivity index (χ4n) is 1.44. The van der Waals surface area contributed by atoms with Crippen molar-refractivity contribution in [2.75, 3.05) is 0 Å². The summed E-state index contributed by atoms with van der Waals surface area (Å²) in [7, 11) is 0. The fourth-order valence-corrected chi connectivity index (χ4v) is 1.81. The van der Waals surface area contributed by atoms with Crippen molar-refractivity contribution in [2.45, 2.75) is 19.4 Å². The molecular formula is C10H10BrN5O2. The molecule has 0 spiro atoms. The van der Waals surface area contributed by atoms with Crippen LogP contribution in [0.1, 0.15) is 19.4 Å². The van der Waals surface area contributed by atoms with Crippen LogP contribution in [-0.2, 0) is 4.79 Å². The third-order valence-corrected chi connectivity index (χ3v) is 2.78. The molecule has 0 aliphatic carbocycles. The van der Waals surface area contributed by atoms with Crippen molar-refractivity contribution in [2.24, 2.45) is 0 Å². The molecule has 2 rings (SSSR count). The van der Waals surface area contributed by atoms with Crippen LogP contribution in [0.5, 0.6) is 0 Å². The number of carboxylic acids is 1. The molecule has 0 fully saturated rings. The lowest BCUT2D eigenvalue weighted by Crippen LogP contribution is -2.20. The lowest BCUT2D eigenvalue weighted by molar-refractivity contribution is -0.141. The SMILES string of the molecule is CCC(C(=O)O)n1nnc(-c2cncc(Br)c2)n1. The number of nitrogens with zero attached hydrogens (tertiary/aromatic N) is 5. The Kier molecular flexibility index (Phi) is 3.66. The first kappa shape index (κ1) is 12.6. The van der Waals surface area contributed by atoms with Crippen LogP contribution >= 0.6 is 15.9 Å². The van der Waals surface area contributed by atoms with Gasteiger partial charge < -0.3 is 5.11 Å². The summed E-state index contributed by atoms with van der Waals surface area (Å²) in [5.41, 5.74) is 0.677. The Bertz CT molecular complexity index is 571. The highest BCUT2D eigenvalue weighted by atomic mass is 79.9. The molecule has 0 aliphatic rings. The van der Waals surface area contributed by atoms with Crippen molar-refractivity contribution in [3.63, 3.8) is 0 Å². The zero-order chi connectivity index (χ0) is 13.1. The highest BCUT2D eigenvalue weighted by Gasteiger charge is 2.20. The minimum Gasteiger partial charge on any atom is -0.480 e. The molecule has 1 unspecified atom stereocenters. The number of hydrogen-bond acceptors (Lipinski definition) is 5. The van der Waals surface area contributed by atoms with Crippen LogP contribution in [0.25, 0.3) is 11.4 Å². The lowest BCUT2D eigenvalue weighted by Gasteiger charge is -2.06. The second-order valence-corrected chi connectivity index (χ2v) is 4.50. The number of rotatable bonds is 4. The maximum Gasteiger partial charge on any atom is 0.330 e. The molecule has 8 heteroatoms. The van der Waals surface area contributed by atoms with E-state index < -0.39 is 12.0 Å². The molecule has 94 valence electrons. The van der Waals surface area contributed by atoms with E-state index in [9.17, 15) is 4.79 Å². The van der Waals surface area contributed by atoms with E-state index in [2.05, 4.69) is 36.3 Å². The van der Waals surface area contributed by atoms with E-state index in [4.69, 9.17) is 5.11 Å². The summed E-state index contributed by atoms with van der Waals surface area (Å²) in [4.78, 5) is 16.1. The standard InChI is InChI=1S/C10H10BrN5O2/c1-2-8(10(17)18)16-14-9(13-15-16)6-3-7(11)5-12-4-6/h3-5,8H,2H2,1H3,(H,17,18). The first-order chi connectivity index (χ1) is 8.61. The molecule has 1 atom stereocenters. The highest BCUT2D eigenvalue weighted by Crippen LogP contribution is 2.18. The fraction of sp³-hybridized carbons (Fsp3) is 0.300. The number of aromatic nitrogens is 5. The molecule has 0 radical (unpaired) electrons. The van der Waals surface area contributed by atoms with Crippen molar-refractivity contribution < 1.29 is 9.90 Å². The molecule has 1 N–H and O–H groups in total. The molecule has 0 aromatic carbocycles. The van der Waals surface area contributed by atoms with Gasteiger partial charge in [0.1, 0.15) is 0 Å². The van der Waals surface area contributed by atoms with Crippen molar-refractivity contribution >= 4 is 21.9 Å². The Morgan fingerprint density at radius 3 is 2.94 bits per heavy atom. The van der Waals surface area contributed by atoms with E-state index in [-0.39, 0.29) is 0 Å². The van der Waals surface area contributed by atoms with Gasteiger partial charge in [-0.25, -0.2) is 4.79 Å². The van der Waals surface area contributed by atoms with Crippen LogP contribution in [0.2, 0.25) is 0 Å². The summed E-state index contributed by atoms with van der Waals surface area (Å²) in [5.74, 6) is -0.627.